The van der Waals surface area contributed by atoms with Crippen molar-refractivity contribution in [1.29, 1.82) is 0 Å². The predicted molar refractivity (Wildman–Crippen MR) is 94.0 cm³/mol. The van der Waals surface area contributed by atoms with Crippen LogP contribution >= 0.6 is 31.9 Å². The largest absolute Gasteiger partial charge is 0.321 e. The molecule has 116 valence electrons. The van der Waals surface area contributed by atoms with Crippen LogP contribution in [0.1, 0.15) is 17.3 Å². The highest BCUT2D eigenvalue weighted by molar-refractivity contribution is 9.11. The van der Waals surface area contributed by atoms with E-state index in [4.69, 9.17) is 0 Å². The normalized spacial score (nSPS) is 11.2. The minimum absolute atomic E-state index is 0.0447. The summed E-state index contributed by atoms with van der Waals surface area (Å²) >= 11 is 6.69. The van der Waals surface area contributed by atoms with Crippen LogP contribution in [0.15, 0.2) is 56.3 Å². The maximum absolute atomic E-state index is 12.4. The van der Waals surface area contributed by atoms with Crippen LogP contribution in [0.2, 0.25) is 0 Å². The molecule has 4 nitrogen and oxygen atoms in total. The summed E-state index contributed by atoms with van der Waals surface area (Å²) in [5, 5.41) is 2.72. The first kappa shape index (κ1) is 17.2. The molecule has 2 aromatic rings. The van der Waals surface area contributed by atoms with Gasteiger partial charge in [-0.1, -0.05) is 35.0 Å². The lowest BCUT2D eigenvalue weighted by atomic mass is 10.2. The van der Waals surface area contributed by atoms with Gasteiger partial charge < -0.3 is 5.32 Å². The fourth-order valence-electron chi connectivity index (χ4n) is 1.86. The second-order valence-electron chi connectivity index (χ2n) is 4.48. The van der Waals surface area contributed by atoms with Crippen LogP contribution < -0.4 is 5.32 Å². The van der Waals surface area contributed by atoms with Crippen LogP contribution in [0.5, 0.6) is 0 Å². The first-order chi connectivity index (χ1) is 10.3. The zero-order chi connectivity index (χ0) is 16.3. The zero-order valence-electron chi connectivity index (χ0n) is 11.6. The van der Waals surface area contributed by atoms with Gasteiger partial charge in [-0.3, -0.25) is 4.79 Å². The minimum atomic E-state index is -3.46. The van der Waals surface area contributed by atoms with E-state index in [1.807, 2.05) is 0 Å². The van der Waals surface area contributed by atoms with E-state index in [0.29, 0.717) is 10.2 Å². The summed E-state index contributed by atoms with van der Waals surface area (Å²) in [6.45, 7) is 1.55. The third kappa shape index (κ3) is 3.77. The monoisotopic (exact) mass is 445 g/mol. The molecule has 0 saturated carbocycles. The number of benzene rings is 2. The maximum atomic E-state index is 12.4. The van der Waals surface area contributed by atoms with E-state index in [1.165, 1.54) is 12.1 Å². The molecule has 22 heavy (non-hydrogen) atoms. The number of carbonyl (C=O) groups excluding carboxylic acids is 1. The second-order valence-corrected chi connectivity index (χ2v) is 8.49. The molecule has 2 rings (SSSR count). The van der Waals surface area contributed by atoms with Gasteiger partial charge in [0.25, 0.3) is 5.91 Å². The molecule has 0 heterocycles. The predicted octanol–water partition coefficient (Wildman–Crippen LogP) is 4.26. The standard InChI is InChI=1S/C15H13Br2NO3S/c1-2-22(20,21)14-6-4-3-5-11(14)15(19)18-13-8-7-10(16)9-12(13)17/h3-9H,2H2,1H3,(H,18,19). The molecule has 7 heteroatoms. The Morgan fingerprint density at radius 1 is 1.14 bits per heavy atom. The van der Waals surface area contributed by atoms with Gasteiger partial charge in [0, 0.05) is 8.95 Å². The Balaban J connectivity index is 2.39. The zero-order valence-corrected chi connectivity index (χ0v) is 15.6. The molecule has 0 aliphatic rings. The van der Waals surface area contributed by atoms with Crippen molar-refractivity contribution in [2.24, 2.45) is 0 Å². The number of amides is 1. The number of carbonyl (C=O) groups is 1. The lowest BCUT2D eigenvalue weighted by molar-refractivity contribution is 0.102. The van der Waals surface area contributed by atoms with Gasteiger partial charge in [-0.25, -0.2) is 8.42 Å². The number of sulfone groups is 1. The first-order valence-corrected chi connectivity index (χ1v) is 9.67. The molecule has 2 aromatic carbocycles. The van der Waals surface area contributed by atoms with Gasteiger partial charge in [-0.2, -0.15) is 0 Å². The van der Waals surface area contributed by atoms with Crippen LogP contribution in [0.25, 0.3) is 0 Å². The summed E-state index contributed by atoms with van der Waals surface area (Å²) in [6.07, 6.45) is 0. The quantitative estimate of drug-likeness (QED) is 0.763. The van der Waals surface area contributed by atoms with E-state index >= 15 is 0 Å². The molecule has 0 atom stereocenters. The fraction of sp³-hybridized carbons (Fsp3) is 0.133. The van der Waals surface area contributed by atoms with E-state index < -0.39 is 15.7 Å². The van der Waals surface area contributed by atoms with E-state index in [-0.39, 0.29) is 16.2 Å². The summed E-state index contributed by atoms with van der Waals surface area (Å²) in [5.74, 6) is -0.519. The van der Waals surface area contributed by atoms with Crippen molar-refractivity contribution >= 4 is 53.3 Å². The molecule has 0 aliphatic heterocycles. The Labute approximate surface area is 146 Å². The average molecular weight is 447 g/mol. The third-order valence-corrected chi connectivity index (χ3v) is 5.96. The van der Waals surface area contributed by atoms with Crippen molar-refractivity contribution in [1.82, 2.24) is 0 Å². The maximum Gasteiger partial charge on any atom is 0.257 e. The molecule has 0 saturated heterocycles. The first-order valence-electron chi connectivity index (χ1n) is 6.43. The molecule has 0 radical (unpaired) electrons. The smallest absolute Gasteiger partial charge is 0.257 e. The lowest BCUT2D eigenvalue weighted by Crippen LogP contribution is -2.17. The van der Waals surface area contributed by atoms with E-state index in [9.17, 15) is 13.2 Å². The molecule has 0 unspecified atom stereocenters. The van der Waals surface area contributed by atoms with E-state index in [2.05, 4.69) is 37.2 Å². The van der Waals surface area contributed by atoms with E-state index in [1.54, 1.807) is 37.3 Å². The summed E-state index contributed by atoms with van der Waals surface area (Å²) in [6, 6.07) is 11.5. The van der Waals surface area contributed by atoms with Crippen LogP contribution in [-0.2, 0) is 9.84 Å². The highest BCUT2D eigenvalue weighted by Crippen LogP contribution is 2.27. The van der Waals surface area contributed by atoms with Crippen LogP contribution in [-0.4, -0.2) is 20.1 Å². The average Bonchev–Trinajstić information content (AvgIpc) is 2.50. The molecule has 0 aliphatic carbocycles. The summed E-state index contributed by atoms with van der Waals surface area (Å²) in [5.41, 5.74) is 0.705. The van der Waals surface area contributed by atoms with Gasteiger partial charge in [0.2, 0.25) is 0 Å². The molecule has 1 amide bonds. The van der Waals surface area contributed by atoms with Gasteiger partial charge in [0.05, 0.1) is 21.9 Å². The van der Waals surface area contributed by atoms with Gasteiger partial charge in [0.15, 0.2) is 9.84 Å². The molecular weight excluding hydrogens is 434 g/mol. The van der Waals surface area contributed by atoms with Crippen LogP contribution in [0.4, 0.5) is 5.69 Å². The number of anilines is 1. The van der Waals surface area contributed by atoms with Gasteiger partial charge in [-0.15, -0.1) is 0 Å². The van der Waals surface area contributed by atoms with Crippen molar-refractivity contribution in [2.75, 3.05) is 11.1 Å². The lowest BCUT2D eigenvalue weighted by Gasteiger charge is -2.11. The molecular formula is C15H13Br2NO3S. The Morgan fingerprint density at radius 2 is 1.82 bits per heavy atom. The van der Waals surface area contributed by atoms with Crippen molar-refractivity contribution in [3.8, 4) is 0 Å². The molecule has 0 fully saturated rings. The highest BCUT2D eigenvalue weighted by atomic mass is 79.9. The van der Waals surface area contributed by atoms with Gasteiger partial charge in [-0.05, 0) is 46.3 Å². The van der Waals surface area contributed by atoms with Crippen molar-refractivity contribution < 1.29 is 13.2 Å². The molecule has 0 aromatic heterocycles. The summed E-state index contributed by atoms with van der Waals surface area (Å²) in [4.78, 5) is 12.5. The Morgan fingerprint density at radius 3 is 2.45 bits per heavy atom. The third-order valence-electron chi connectivity index (χ3n) is 3.03. The van der Waals surface area contributed by atoms with Crippen LogP contribution in [0, 0.1) is 0 Å². The molecule has 0 spiro atoms. The SMILES string of the molecule is CCS(=O)(=O)c1ccccc1C(=O)Nc1ccc(Br)cc1Br. The number of halogens is 2. The Hall–Kier alpha value is -1.18. The Kier molecular flexibility index (Phi) is 5.41. The Bertz CT molecular complexity index is 819. The van der Waals surface area contributed by atoms with Gasteiger partial charge in [0.1, 0.15) is 0 Å². The van der Waals surface area contributed by atoms with Crippen molar-refractivity contribution in [2.45, 2.75) is 11.8 Å². The minimum Gasteiger partial charge on any atom is -0.321 e. The number of hydrogen-bond acceptors (Lipinski definition) is 3. The van der Waals surface area contributed by atoms with E-state index in [0.717, 1.165) is 4.47 Å². The second kappa shape index (κ2) is 6.93. The fourth-order valence-corrected chi connectivity index (χ4v) is 4.10. The molecule has 0 bridgehead atoms. The highest BCUT2D eigenvalue weighted by Gasteiger charge is 2.20. The number of hydrogen-bond donors (Lipinski definition) is 1. The topological polar surface area (TPSA) is 63.2 Å². The van der Waals surface area contributed by atoms with Gasteiger partial charge >= 0.3 is 0 Å². The number of nitrogens with one attached hydrogen (secondary N) is 1. The summed E-state index contributed by atoms with van der Waals surface area (Å²) in [7, 11) is -3.46. The number of rotatable bonds is 4. The molecule has 1 N–H and O–H groups in total. The van der Waals surface area contributed by atoms with Crippen molar-refractivity contribution in [3.63, 3.8) is 0 Å². The van der Waals surface area contributed by atoms with Crippen molar-refractivity contribution in [3.05, 3.63) is 57.0 Å². The summed E-state index contributed by atoms with van der Waals surface area (Å²) < 4.78 is 25.8. The van der Waals surface area contributed by atoms with Crippen LogP contribution in [0.3, 0.4) is 0 Å².